The van der Waals surface area contributed by atoms with Gasteiger partial charge in [-0.25, -0.2) is 4.98 Å². The first-order valence-electron chi connectivity index (χ1n) is 6.65. The molecule has 5 heteroatoms. The van der Waals surface area contributed by atoms with Gasteiger partial charge in [0.1, 0.15) is 12.0 Å². The van der Waals surface area contributed by atoms with Gasteiger partial charge in [0.05, 0.1) is 0 Å². The number of oxazole rings is 1. The number of benzene rings is 1. The molecule has 0 fully saturated rings. The topological polar surface area (TPSA) is 56.2 Å². The number of fused-ring (bicyclic) bond motifs is 1. The van der Waals surface area contributed by atoms with Crippen molar-refractivity contribution in [2.45, 2.75) is 6.92 Å². The molecule has 0 radical (unpaired) electrons. The van der Waals surface area contributed by atoms with E-state index in [0.29, 0.717) is 17.4 Å². The van der Waals surface area contributed by atoms with Crippen LogP contribution in [0.1, 0.15) is 5.69 Å². The molecule has 4 aromatic rings. The van der Waals surface area contributed by atoms with E-state index < -0.39 is 0 Å². The third-order valence-electron chi connectivity index (χ3n) is 3.38. The first-order chi connectivity index (χ1) is 10.3. The zero-order chi connectivity index (χ0) is 14.2. The van der Waals surface area contributed by atoms with Crippen LogP contribution >= 0.6 is 0 Å². The molecule has 0 N–H and O–H groups in total. The van der Waals surface area contributed by atoms with Gasteiger partial charge in [0.2, 0.25) is 5.89 Å². The number of pyridine rings is 1. The molecule has 3 aromatic heterocycles. The van der Waals surface area contributed by atoms with Crippen molar-refractivity contribution in [3.63, 3.8) is 0 Å². The van der Waals surface area contributed by atoms with Crippen molar-refractivity contribution in [2.75, 3.05) is 0 Å². The quantitative estimate of drug-likeness (QED) is 0.563. The van der Waals surface area contributed by atoms with Crippen LogP contribution in [-0.4, -0.2) is 19.6 Å². The molecule has 0 bridgehead atoms. The SMILES string of the molecule is Cc1cccc2nnc(-c3coc(-c4ccccc4)n3)n12. The van der Waals surface area contributed by atoms with E-state index in [-0.39, 0.29) is 0 Å². The Bertz CT molecular complexity index is 908. The van der Waals surface area contributed by atoms with Gasteiger partial charge in [-0.1, -0.05) is 24.3 Å². The fourth-order valence-corrected chi connectivity index (χ4v) is 2.36. The summed E-state index contributed by atoms with van der Waals surface area (Å²) in [6.45, 7) is 2.01. The lowest BCUT2D eigenvalue weighted by atomic mass is 10.2. The maximum Gasteiger partial charge on any atom is 0.226 e. The van der Waals surface area contributed by atoms with E-state index in [1.54, 1.807) is 6.26 Å². The summed E-state index contributed by atoms with van der Waals surface area (Å²) in [5, 5.41) is 8.39. The van der Waals surface area contributed by atoms with E-state index in [4.69, 9.17) is 4.42 Å². The highest BCUT2D eigenvalue weighted by atomic mass is 16.3. The molecule has 0 saturated carbocycles. The molecule has 0 unspecified atom stereocenters. The predicted molar refractivity (Wildman–Crippen MR) is 78.7 cm³/mol. The Balaban J connectivity index is 1.85. The monoisotopic (exact) mass is 276 g/mol. The Morgan fingerprint density at radius 2 is 1.81 bits per heavy atom. The molecule has 5 nitrogen and oxygen atoms in total. The van der Waals surface area contributed by atoms with Crippen molar-refractivity contribution in [2.24, 2.45) is 0 Å². The van der Waals surface area contributed by atoms with Gasteiger partial charge in [-0.3, -0.25) is 4.40 Å². The Morgan fingerprint density at radius 3 is 2.67 bits per heavy atom. The van der Waals surface area contributed by atoms with Crippen molar-refractivity contribution in [1.29, 1.82) is 0 Å². The molecule has 0 saturated heterocycles. The Hall–Kier alpha value is -2.95. The second-order valence-corrected chi connectivity index (χ2v) is 4.79. The lowest BCUT2D eigenvalue weighted by Crippen LogP contribution is -1.94. The summed E-state index contributed by atoms with van der Waals surface area (Å²) < 4.78 is 7.54. The van der Waals surface area contributed by atoms with Crippen molar-refractivity contribution < 1.29 is 4.42 Å². The first-order valence-corrected chi connectivity index (χ1v) is 6.65. The molecular weight excluding hydrogens is 264 g/mol. The first kappa shape index (κ1) is 11.8. The molecule has 3 heterocycles. The van der Waals surface area contributed by atoms with Gasteiger partial charge in [0.25, 0.3) is 0 Å². The van der Waals surface area contributed by atoms with Gasteiger partial charge < -0.3 is 4.42 Å². The Morgan fingerprint density at radius 1 is 0.952 bits per heavy atom. The molecular formula is C16H12N4O. The minimum atomic E-state index is 0.580. The van der Waals surface area contributed by atoms with Gasteiger partial charge in [-0.15, -0.1) is 10.2 Å². The van der Waals surface area contributed by atoms with Gasteiger partial charge in [-0.2, -0.15) is 0 Å². The summed E-state index contributed by atoms with van der Waals surface area (Å²) in [6.07, 6.45) is 1.62. The molecule has 1 aromatic carbocycles. The van der Waals surface area contributed by atoms with E-state index in [2.05, 4.69) is 15.2 Å². The van der Waals surface area contributed by atoms with Crippen LogP contribution in [-0.2, 0) is 0 Å². The summed E-state index contributed by atoms with van der Waals surface area (Å²) in [7, 11) is 0. The lowest BCUT2D eigenvalue weighted by Gasteiger charge is -2.00. The maximum atomic E-state index is 5.57. The molecule has 21 heavy (non-hydrogen) atoms. The smallest absolute Gasteiger partial charge is 0.226 e. The number of hydrogen-bond donors (Lipinski definition) is 0. The standard InChI is InChI=1S/C16H12N4O/c1-11-6-5-9-14-18-19-15(20(11)14)13-10-21-16(17-13)12-7-3-2-4-8-12/h2-10H,1H3. The Labute approximate surface area is 120 Å². The molecule has 102 valence electrons. The number of rotatable bonds is 2. The molecule has 0 amide bonds. The minimum Gasteiger partial charge on any atom is -0.444 e. The van der Waals surface area contributed by atoms with Gasteiger partial charge in [0, 0.05) is 11.3 Å². The molecule has 4 rings (SSSR count). The van der Waals surface area contributed by atoms with Crippen LogP contribution in [0.4, 0.5) is 0 Å². The van der Waals surface area contributed by atoms with Crippen molar-refractivity contribution >= 4 is 5.65 Å². The number of aryl methyl sites for hydroxylation is 1. The third-order valence-corrected chi connectivity index (χ3v) is 3.38. The number of nitrogens with zero attached hydrogens (tertiary/aromatic N) is 4. The zero-order valence-corrected chi connectivity index (χ0v) is 11.4. The average molecular weight is 276 g/mol. The van der Waals surface area contributed by atoms with Crippen molar-refractivity contribution in [1.82, 2.24) is 19.6 Å². The summed E-state index contributed by atoms with van der Waals surface area (Å²) in [5.74, 6) is 1.27. The normalized spacial score (nSPS) is 11.1. The molecule has 0 aliphatic heterocycles. The van der Waals surface area contributed by atoms with Crippen LogP contribution in [0.5, 0.6) is 0 Å². The Kier molecular flexibility index (Phi) is 2.57. The van der Waals surface area contributed by atoms with E-state index in [1.165, 1.54) is 0 Å². The summed E-state index contributed by atoms with van der Waals surface area (Å²) in [5.41, 5.74) is 3.47. The number of hydrogen-bond acceptors (Lipinski definition) is 4. The van der Waals surface area contributed by atoms with Crippen LogP contribution in [0.2, 0.25) is 0 Å². The third kappa shape index (κ3) is 1.90. The van der Waals surface area contributed by atoms with Gasteiger partial charge in [0.15, 0.2) is 11.5 Å². The number of aromatic nitrogens is 4. The van der Waals surface area contributed by atoms with Crippen molar-refractivity contribution in [3.8, 4) is 23.0 Å². The van der Waals surface area contributed by atoms with Crippen LogP contribution in [0, 0.1) is 6.92 Å². The van der Waals surface area contributed by atoms with Crippen LogP contribution in [0.3, 0.4) is 0 Å². The lowest BCUT2D eigenvalue weighted by molar-refractivity contribution is 0.575. The molecule has 0 aliphatic carbocycles. The molecule has 0 aliphatic rings. The van der Waals surface area contributed by atoms with Crippen molar-refractivity contribution in [3.05, 3.63) is 60.5 Å². The van der Waals surface area contributed by atoms with E-state index in [9.17, 15) is 0 Å². The summed E-state index contributed by atoms with van der Waals surface area (Å²) in [6, 6.07) is 15.7. The zero-order valence-electron chi connectivity index (χ0n) is 11.4. The van der Waals surface area contributed by atoms with Crippen LogP contribution in [0.15, 0.2) is 59.2 Å². The largest absolute Gasteiger partial charge is 0.444 e. The van der Waals surface area contributed by atoms with E-state index in [1.807, 2.05) is 59.9 Å². The van der Waals surface area contributed by atoms with Crippen LogP contribution < -0.4 is 0 Å². The van der Waals surface area contributed by atoms with E-state index >= 15 is 0 Å². The average Bonchev–Trinajstić information content (AvgIpc) is 3.15. The molecule has 0 atom stereocenters. The van der Waals surface area contributed by atoms with Gasteiger partial charge in [-0.05, 0) is 31.2 Å². The van der Waals surface area contributed by atoms with Crippen LogP contribution in [0.25, 0.3) is 28.6 Å². The fraction of sp³-hybridized carbons (Fsp3) is 0.0625. The highest BCUT2D eigenvalue weighted by Crippen LogP contribution is 2.24. The summed E-state index contributed by atoms with van der Waals surface area (Å²) >= 11 is 0. The predicted octanol–water partition coefficient (Wildman–Crippen LogP) is 3.36. The fourth-order valence-electron chi connectivity index (χ4n) is 2.36. The van der Waals surface area contributed by atoms with Gasteiger partial charge >= 0.3 is 0 Å². The second kappa shape index (κ2) is 4.56. The highest BCUT2D eigenvalue weighted by molar-refractivity contribution is 5.60. The minimum absolute atomic E-state index is 0.580. The molecule has 0 spiro atoms. The van der Waals surface area contributed by atoms with E-state index in [0.717, 1.165) is 16.9 Å². The summed E-state index contributed by atoms with van der Waals surface area (Å²) in [4.78, 5) is 4.52. The highest BCUT2D eigenvalue weighted by Gasteiger charge is 2.14. The second-order valence-electron chi connectivity index (χ2n) is 4.79. The maximum absolute atomic E-state index is 5.57.